The van der Waals surface area contributed by atoms with E-state index < -0.39 is 13.7 Å². The van der Waals surface area contributed by atoms with Gasteiger partial charge >= 0.3 is 13.7 Å². The number of imidazole rings is 1. The smallest absolute Gasteiger partial charge is 0.459 e. The van der Waals surface area contributed by atoms with Crippen molar-refractivity contribution in [3.63, 3.8) is 0 Å². The Hall–Kier alpha value is -2.81. The van der Waals surface area contributed by atoms with Gasteiger partial charge in [-0.25, -0.2) is 24.6 Å². The molecule has 1 N–H and O–H groups in total. The van der Waals surface area contributed by atoms with Crippen molar-refractivity contribution in [3.05, 3.63) is 48.2 Å². The molecule has 1 aromatic carbocycles. The Kier molecular flexibility index (Phi) is 7.34. The number of hydrogen-bond acceptors (Lipinski definition) is 8. The Morgan fingerprint density at radius 3 is 2.62 bits per heavy atom. The first-order valence-electron chi connectivity index (χ1n) is 12.8. The van der Waals surface area contributed by atoms with Gasteiger partial charge in [-0.15, -0.1) is 0 Å². The van der Waals surface area contributed by atoms with Crippen molar-refractivity contribution >= 4 is 24.9 Å². The van der Waals surface area contributed by atoms with Gasteiger partial charge < -0.3 is 13.8 Å². The van der Waals surface area contributed by atoms with E-state index in [2.05, 4.69) is 24.6 Å². The number of carbonyl (C=O) groups is 1. The SMILES string of the molecule is Cc1nc(C)c2ncn([C@@H]3C[C@H](COP(=O)(NCC(=O)OC(C)C)Oc4ccccc4)[C@@H]4CCC43)c2n1. The topological polar surface area (TPSA) is 117 Å². The van der Waals surface area contributed by atoms with Crippen molar-refractivity contribution in [1.82, 2.24) is 24.6 Å². The Labute approximate surface area is 216 Å². The number of hydrogen-bond donors (Lipinski definition) is 1. The first-order chi connectivity index (χ1) is 17.7. The normalized spacial score (nSPS) is 24.5. The van der Waals surface area contributed by atoms with Crippen LogP contribution >= 0.6 is 7.75 Å². The molecule has 3 aromatic rings. The van der Waals surface area contributed by atoms with Crippen molar-refractivity contribution < 1.29 is 23.1 Å². The van der Waals surface area contributed by atoms with E-state index in [1.165, 1.54) is 0 Å². The van der Waals surface area contributed by atoms with Gasteiger partial charge in [-0.3, -0.25) is 9.32 Å². The molecule has 198 valence electrons. The van der Waals surface area contributed by atoms with Crippen LogP contribution in [0.2, 0.25) is 0 Å². The van der Waals surface area contributed by atoms with Crippen LogP contribution in [-0.4, -0.2) is 44.7 Å². The van der Waals surface area contributed by atoms with Crippen LogP contribution in [0.4, 0.5) is 0 Å². The van der Waals surface area contributed by atoms with Crippen molar-refractivity contribution in [2.45, 2.75) is 59.1 Å². The molecule has 0 aliphatic heterocycles. The number of esters is 1. The van der Waals surface area contributed by atoms with Crippen molar-refractivity contribution in [1.29, 1.82) is 0 Å². The standard InChI is InChI=1S/C26H34N5O5P/c1-16(2)35-24(32)13-28-37(33,36-20-8-6-5-7-9-20)34-14-19-12-23(22-11-10-21(19)22)31-15-27-25-17(3)29-18(4)30-26(25)31/h5-9,15-16,19,21-23H,10-14H2,1-4H3,(H,28,33)/t19-,21+,22?,23-,37?/m1/s1. The van der Waals surface area contributed by atoms with Gasteiger partial charge in [0, 0.05) is 6.04 Å². The molecule has 2 aliphatic carbocycles. The molecule has 0 bridgehead atoms. The van der Waals surface area contributed by atoms with E-state index in [0.29, 0.717) is 17.6 Å². The van der Waals surface area contributed by atoms with Gasteiger partial charge in [-0.1, -0.05) is 18.2 Å². The van der Waals surface area contributed by atoms with Gasteiger partial charge in [-0.05, 0) is 76.8 Å². The average molecular weight is 528 g/mol. The molecular weight excluding hydrogens is 493 g/mol. The number of nitrogens with zero attached hydrogens (tertiary/aromatic N) is 4. The van der Waals surface area contributed by atoms with Crippen LogP contribution in [-0.2, 0) is 18.6 Å². The monoisotopic (exact) mass is 527 g/mol. The minimum Gasteiger partial charge on any atom is -0.462 e. The van der Waals surface area contributed by atoms with Crippen LogP contribution in [0.15, 0.2) is 36.7 Å². The van der Waals surface area contributed by atoms with Crippen LogP contribution in [0.5, 0.6) is 5.75 Å². The maximum atomic E-state index is 13.7. The Morgan fingerprint density at radius 2 is 1.92 bits per heavy atom. The number of ether oxygens (including phenoxy) is 1. The Balaban J connectivity index is 1.30. The highest BCUT2D eigenvalue weighted by Crippen LogP contribution is 2.57. The van der Waals surface area contributed by atoms with Gasteiger partial charge in [0.05, 0.1) is 24.7 Å². The number of nitrogens with one attached hydrogen (secondary N) is 1. The highest BCUT2D eigenvalue weighted by Gasteiger charge is 2.50. The van der Waals surface area contributed by atoms with Gasteiger partial charge in [0.25, 0.3) is 0 Å². The maximum absolute atomic E-state index is 13.7. The maximum Gasteiger partial charge on any atom is 0.459 e. The Bertz CT molecular complexity index is 1310. The lowest BCUT2D eigenvalue weighted by atomic mass is 9.72. The summed E-state index contributed by atoms with van der Waals surface area (Å²) in [5.41, 5.74) is 2.58. The summed E-state index contributed by atoms with van der Waals surface area (Å²) in [5, 5.41) is 2.70. The van der Waals surface area contributed by atoms with Gasteiger partial charge in [-0.2, -0.15) is 0 Å². The summed E-state index contributed by atoms with van der Waals surface area (Å²) >= 11 is 0. The van der Waals surface area contributed by atoms with Gasteiger partial charge in [0.15, 0.2) is 5.65 Å². The molecule has 10 nitrogen and oxygen atoms in total. The molecule has 2 unspecified atom stereocenters. The molecule has 2 heterocycles. The summed E-state index contributed by atoms with van der Waals surface area (Å²) < 4.78 is 32.8. The van der Waals surface area contributed by atoms with E-state index >= 15 is 0 Å². The number of benzene rings is 1. The number of aromatic nitrogens is 4. The van der Waals surface area contributed by atoms with E-state index in [1.807, 2.05) is 26.2 Å². The molecule has 0 spiro atoms. The summed E-state index contributed by atoms with van der Waals surface area (Å²) in [7, 11) is -3.84. The predicted molar refractivity (Wildman–Crippen MR) is 138 cm³/mol. The van der Waals surface area contributed by atoms with Crippen LogP contribution in [0.3, 0.4) is 0 Å². The van der Waals surface area contributed by atoms with Crippen LogP contribution in [0, 0.1) is 31.6 Å². The summed E-state index contributed by atoms with van der Waals surface area (Å²) in [4.78, 5) is 25.8. The first-order valence-corrected chi connectivity index (χ1v) is 14.4. The third-order valence-corrected chi connectivity index (χ3v) is 8.79. The molecule has 5 atom stereocenters. The number of rotatable bonds is 10. The predicted octanol–water partition coefficient (Wildman–Crippen LogP) is 4.78. The van der Waals surface area contributed by atoms with Crippen LogP contribution in [0.1, 0.15) is 50.7 Å². The fraction of sp³-hybridized carbons (Fsp3) is 0.538. The third kappa shape index (κ3) is 5.56. The van der Waals surface area contributed by atoms with Crippen LogP contribution < -0.4 is 9.61 Å². The highest BCUT2D eigenvalue weighted by molar-refractivity contribution is 7.52. The second-order valence-electron chi connectivity index (χ2n) is 10.2. The average Bonchev–Trinajstić information content (AvgIpc) is 3.34. The van der Waals surface area contributed by atoms with Gasteiger partial charge in [0.2, 0.25) is 0 Å². The number of carbonyl (C=O) groups excluding carboxylic acids is 1. The van der Waals surface area contributed by atoms with Crippen molar-refractivity contribution in [3.8, 4) is 5.75 Å². The summed E-state index contributed by atoms with van der Waals surface area (Å²) in [6.07, 6.45) is 4.70. The lowest BCUT2D eigenvalue weighted by Gasteiger charge is -2.36. The molecule has 2 aliphatic rings. The quantitative estimate of drug-likeness (QED) is 0.294. The molecule has 5 rings (SSSR count). The lowest BCUT2D eigenvalue weighted by Crippen LogP contribution is -2.31. The van der Waals surface area contributed by atoms with Crippen molar-refractivity contribution in [2.75, 3.05) is 13.2 Å². The number of aryl methyl sites for hydroxylation is 2. The first kappa shape index (κ1) is 25.8. The summed E-state index contributed by atoms with van der Waals surface area (Å²) in [6, 6.07) is 9.07. The summed E-state index contributed by atoms with van der Waals surface area (Å²) in [5.74, 6) is 1.76. The molecule has 2 aromatic heterocycles. The fourth-order valence-corrected chi connectivity index (χ4v) is 6.93. The minimum absolute atomic E-state index is 0.197. The molecule has 2 fully saturated rings. The van der Waals surface area contributed by atoms with E-state index in [1.54, 1.807) is 38.1 Å². The molecular formula is C26H34N5O5P. The molecule has 2 saturated carbocycles. The van der Waals surface area contributed by atoms with E-state index in [-0.39, 0.29) is 31.2 Å². The summed E-state index contributed by atoms with van der Waals surface area (Å²) in [6.45, 7) is 7.36. The Morgan fingerprint density at radius 1 is 1.16 bits per heavy atom. The fourth-order valence-electron chi connectivity index (χ4n) is 5.61. The second-order valence-corrected chi connectivity index (χ2v) is 12.0. The zero-order valence-corrected chi connectivity index (χ0v) is 22.6. The minimum atomic E-state index is -3.84. The van der Waals surface area contributed by atoms with E-state index in [4.69, 9.17) is 13.8 Å². The van der Waals surface area contributed by atoms with Crippen LogP contribution in [0.25, 0.3) is 11.2 Å². The van der Waals surface area contributed by atoms with Crippen molar-refractivity contribution in [2.24, 2.45) is 17.8 Å². The van der Waals surface area contributed by atoms with E-state index in [9.17, 15) is 9.36 Å². The van der Waals surface area contributed by atoms with Gasteiger partial charge in [0.1, 0.15) is 23.6 Å². The molecule has 0 radical (unpaired) electrons. The molecule has 37 heavy (non-hydrogen) atoms. The second kappa shape index (κ2) is 10.5. The lowest BCUT2D eigenvalue weighted by molar-refractivity contribution is -0.145. The van der Waals surface area contributed by atoms with E-state index in [0.717, 1.165) is 41.9 Å². The third-order valence-electron chi connectivity index (χ3n) is 7.30. The zero-order valence-electron chi connectivity index (χ0n) is 21.7. The molecule has 0 amide bonds. The number of para-hydroxylation sites is 1. The zero-order chi connectivity index (χ0) is 26.2. The highest BCUT2D eigenvalue weighted by atomic mass is 31.2. The largest absolute Gasteiger partial charge is 0.462 e. The number of fused-ring (bicyclic) bond motifs is 2. The molecule has 11 heteroatoms. The molecule has 0 saturated heterocycles.